The molecule has 0 fully saturated rings. The van der Waals surface area contributed by atoms with Crippen molar-refractivity contribution < 1.29 is 14.6 Å². The van der Waals surface area contributed by atoms with Gasteiger partial charge in [-0.2, -0.15) is 5.26 Å². The van der Waals surface area contributed by atoms with Gasteiger partial charge in [0.15, 0.2) is 0 Å². The molecule has 0 aliphatic carbocycles. The van der Waals surface area contributed by atoms with E-state index in [0.717, 1.165) is 12.1 Å². The third kappa shape index (κ3) is 3.43. The predicted molar refractivity (Wildman–Crippen MR) is 60.7 cm³/mol. The summed E-state index contributed by atoms with van der Waals surface area (Å²) in [4.78, 5) is 2.51. The minimum absolute atomic E-state index is 0.00588. The fourth-order valence-electron chi connectivity index (χ4n) is 1.48. The topological polar surface area (TPSA) is 113 Å². The van der Waals surface area contributed by atoms with Crippen LogP contribution in [0.4, 0.5) is 4.39 Å². The number of hydrogen-bond acceptors (Lipinski definition) is 4. The van der Waals surface area contributed by atoms with Gasteiger partial charge in [0.05, 0.1) is 17.7 Å². The highest BCUT2D eigenvalue weighted by atomic mass is 19.1. The Morgan fingerprint density at radius 2 is 2.22 bits per heavy atom. The van der Waals surface area contributed by atoms with E-state index in [4.69, 9.17) is 10.8 Å². The molecule has 1 aromatic carbocycles. The molecule has 2 atom stereocenters. The van der Waals surface area contributed by atoms with Gasteiger partial charge in [0.1, 0.15) is 11.9 Å². The Morgan fingerprint density at radius 1 is 1.50 bits per heavy atom. The van der Waals surface area contributed by atoms with Crippen molar-refractivity contribution in [1.82, 2.24) is 0 Å². The number of hydrogen-bond donors (Lipinski definition) is 2. The SMILES string of the molecule is N#Cc1ccc(F)cc1C(O)C(O)CCN=[N+]=[N-]. The maximum absolute atomic E-state index is 13.0. The summed E-state index contributed by atoms with van der Waals surface area (Å²) in [6.45, 7) is 0.00588. The highest BCUT2D eigenvalue weighted by Crippen LogP contribution is 2.23. The smallest absolute Gasteiger partial charge is 0.123 e. The van der Waals surface area contributed by atoms with Gasteiger partial charge in [-0.05, 0) is 30.2 Å². The molecule has 0 heterocycles. The van der Waals surface area contributed by atoms with Crippen molar-refractivity contribution >= 4 is 0 Å². The quantitative estimate of drug-likeness (QED) is 0.471. The first-order chi connectivity index (χ1) is 8.60. The largest absolute Gasteiger partial charge is 0.390 e. The van der Waals surface area contributed by atoms with Gasteiger partial charge in [-0.25, -0.2) is 4.39 Å². The molecule has 0 aliphatic heterocycles. The van der Waals surface area contributed by atoms with Crippen molar-refractivity contribution in [2.75, 3.05) is 6.54 Å². The molecular formula is C11H11FN4O2. The lowest BCUT2D eigenvalue weighted by molar-refractivity contribution is 0.0147. The summed E-state index contributed by atoms with van der Waals surface area (Å²) >= 11 is 0. The zero-order valence-corrected chi connectivity index (χ0v) is 9.36. The average molecular weight is 250 g/mol. The number of aliphatic hydroxyl groups excluding tert-OH is 2. The van der Waals surface area contributed by atoms with Crippen LogP contribution in [0.3, 0.4) is 0 Å². The lowest BCUT2D eigenvalue weighted by Gasteiger charge is -2.18. The van der Waals surface area contributed by atoms with Crippen LogP contribution in [0.1, 0.15) is 23.7 Å². The molecule has 0 amide bonds. The number of azide groups is 1. The highest BCUT2D eigenvalue weighted by molar-refractivity contribution is 5.39. The molecule has 0 saturated heterocycles. The summed E-state index contributed by atoms with van der Waals surface area (Å²) in [7, 11) is 0. The van der Waals surface area contributed by atoms with Gasteiger partial charge >= 0.3 is 0 Å². The molecule has 1 aromatic rings. The number of benzene rings is 1. The first-order valence-corrected chi connectivity index (χ1v) is 5.16. The summed E-state index contributed by atoms with van der Waals surface area (Å²) in [6, 6.07) is 5.13. The third-order valence-corrected chi connectivity index (χ3v) is 2.41. The van der Waals surface area contributed by atoms with Gasteiger partial charge in [0, 0.05) is 17.0 Å². The molecule has 6 nitrogen and oxygen atoms in total. The first kappa shape index (κ1) is 13.9. The second-order valence-corrected chi connectivity index (χ2v) is 3.60. The number of rotatable bonds is 5. The Kier molecular flexibility index (Phi) is 5.08. The van der Waals surface area contributed by atoms with E-state index in [1.807, 2.05) is 0 Å². The highest BCUT2D eigenvalue weighted by Gasteiger charge is 2.21. The van der Waals surface area contributed by atoms with Crippen LogP contribution in [-0.2, 0) is 0 Å². The van der Waals surface area contributed by atoms with E-state index in [-0.39, 0.29) is 24.1 Å². The van der Waals surface area contributed by atoms with E-state index in [1.165, 1.54) is 6.07 Å². The molecule has 0 spiro atoms. The molecule has 0 saturated carbocycles. The zero-order chi connectivity index (χ0) is 13.5. The normalized spacial score (nSPS) is 13.2. The summed E-state index contributed by atoms with van der Waals surface area (Å²) in [5.41, 5.74) is 8.18. The lowest BCUT2D eigenvalue weighted by atomic mass is 9.97. The Hall–Kier alpha value is -2.13. The molecule has 0 aliphatic rings. The number of aliphatic hydroxyl groups is 2. The molecule has 18 heavy (non-hydrogen) atoms. The van der Waals surface area contributed by atoms with Crippen molar-refractivity contribution in [2.45, 2.75) is 18.6 Å². The van der Waals surface area contributed by atoms with Gasteiger partial charge < -0.3 is 10.2 Å². The number of nitrogens with zero attached hydrogens (tertiary/aromatic N) is 4. The summed E-state index contributed by atoms with van der Waals surface area (Å²) in [5.74, 6) is -0.606. The summed E-state index contributed by atoms with van der Waals surface area (Å²) < 4.78 is 13.0. The number of halogens is 1. The van der Waals surface area contributed by atoms with E-state index >= 15 is 0 Å². The van der Waals surface area contributed by atoms with Crippen LogP contribution in [-0.4, -0.2) is 22.9 Å². The average Bonchev–Trinajstić information content (AvgIpc) is 2.38. The fourth-order valence-corrected chi connectivity index (χ4v) is 1.48. The molecule has 94 valence electrons. The van der Waals surface area contributed by atoms with E-state index in [0.29, 0.717) is 0 Å². The molecule has 1 rings (SSSR count). The second kappa shape index (κ2) is 6.57. The van der Waals surface area contributed by atoms with Crippen LogP contribution < -0.4 is 0 Å². The lowest BCUT2D eigenvalue weighted by Crippen LogP contribution is -2.20. The molecule has 0 radical (unpaired) electrons. The minimum Gasteiger partial charge on any atom is -0.390 e. The van der Waals surface area contributed by atoms with Crippen LogP contribution in [0.15, 0.2) is 23.3 Å². The van der Waals surface area contributed by atoms with Crippen LogP contribution >= 0.6 is 0 Å². The van der Waals surface area contributed by atoms with Crippen molar-refractivity contribution in [3.8, 4) is 6.07 Å². The first-order valence-electron chi connectivity index (χ1n) is 5.16. The van der Waals surface area contributed by atoms with Crippen molar-refractivity contribution in [2.24, 2.45) is 5.11 Å². The van der Waals surface area contributed by atoms with Gasteiger partial charge in [0.25, 0.3) is 0 Å². The van der Waals surface area contributed by atoms with Gasteiger partial charge in [-0.1, -0.05) is 5.11 Å². The molecule has 2 unspecified atom stereocenters. The van der Waals surface area contributed by atoms with Crippen LogP contribution in [0, 0.1) is 17.1 Å². The fraction of sp³-hybridized carbons (Fsp3) is 0.364. The maximum Gasteiger partial charge on any atom is 0.123 e. The van der Waals surface area contributed by atoms with Crippen LogP contribution in [0.5, 0.6) is 0 Å². The van der Waals surface area contributed by atoms with E-state index in [9.17, 15) is 14.6 Å². The van der Waals surface area contributed by atoms with Crippen LogP contribution in [0.25, 0.3) is 10.4 Å². The Balaban J connectivity index is 2.88. The number of nitriles is 1. The van der Waals surface area contributed by atoms with Crippen molar-refractivity contribution in [1.29, 1.82) is 5.26 Å². The molecule has 0 bridgehead atoms. The Bertz CT molecular complexity index is 508. The van der Waals surface area contributed by atoms with Gasteiger partial charge in [-0.3, -0.25) is 0 Å². The van der Waals surface area contributed by atoms with Gasteiger partial charge in [-0.15, -0.1) is 0 Å². The standard InChI is InChI=1S/C11H11FN4O2/c12-8-2-1-7(6-13)9(5-8)11(18)10(17)3-4-15-16-14/h1-2,5,10-11,17-18H,3-4H2. The van der Waals surface area contributed by atoms with E-state index in [2.05, 4.69) is 10.0 Å². The summed E-state index contributed by atoms with van der Waals surface area (Å²) in [6.07, 6.45) is -2.61. The monoisotopic (exact) mass is 250 g/mol. The van der Waals surface area contributed by atoms with E-state index in [1.54, 1.807) is 6.07 Å². The Labute approximate surface area is 103 Å². The minimum atomic E-state index is -1.40. The molecule has 0 aromatic heterocycles. The second-order valence-electron chi connectivity index (χ2n) is 3.60. The van der Waals surface area contributed by atoms with E-state index < -0.39 is 18.0 Å². The molecule has 7 heteroatoms. The third-order valence-electron chi connectivity index (χ3n) is 2.41. The zero-order valence-electron chi connectivity index (χ0n) is 9.36. The van der Waals surface area contributed by atoms with Crippen LogP contribution in [0.2, 0.25) is 0 Å². The Morgan fingerprint density at radius 3 is 2.83 bits per heavy atom. The maximum atomic E-state index is 13.0. The van der Waals surface area contributed by atoms with Crippen molar-refractivity contribution in [3.05, 3.63) is 45.6 Å². The predicted octanol–water partition coefficient (Wildman–Crippen LogP) is 1.79. The molecule has 2 N–H and O–H groups in total. The van der Waals surface area contributed by atoms with Crippen molar-refractivity contribution in [3.63, 3.8) is 0 Å². The molecular weight excluding hydrogens is 239 g/mol. The summed E-state index contributed by atoms with van der Waals surface area (Å²) in [5, 5.41) is 31.5. The van der Waals surface area contributed by atoms with Gasteiger partial charge in [0.2, 0.25) is 0 Å².